The molecule has 5 heteroatoms. The number of ether oxygens (including phenoxy) is 1. The molecule has 0 spiro atoms. The summed E-state index contributed by atoms with van der Waals surface area (Å²) in [6.45, 7) is 4.00. The molecule has 0 aromatic heterocycles. The van der Waals surface area contributed by atoms with Crippen LogP contribution < -0.4 is 0 Å². The van der Waals surface area contributed by atoms with Crippen molar-refractivity contribution in [1.82, 2.24) is 0 Å². The third kappa shape index (κ3) is 8.43. The molecule has 0 fully saturated rings. The standard InChI is InChI=1S/C6H8Br2O3.C2H6/c1-11-6(10)2-4(8)5(9)3-7;1-2/h4H,2-3H2,1H3;1-2H3. The van der Waals surface area contributed by atoms with E-state index in [2.05, 4.69) is 36.6 Å². The Hall–Kier alpha value is 0.1000. The Morgan fingerprint density at radius 1 is 1.38 bits per heavy atom. The molecule has 0 aromatic rings. The Morgan fingerprint density at radius 2 is 1.85 bits per heavy atom. The van der Waals surface area contributed by atoms with Crippen LogP contribution in [0.1, 0.15) is 20.3 Å². The van der Waals surface area contributed by atoms with E-state index in [0.717, 1.165) is 0 Å². The zero-order chi connectivity index (χ0) is 10.9. The Labute approximate surface area is 95.5 Å². The van der Waals surface area contributed by atoms with Gasteiger partial charge in [0.25, 0.3) is 0 Å². The van der Waals surface area contributed by atoms with Gasteiger partial charge in [-0.2, -0.15) is 0 Å². The molecule has 0 rings (SSSR count). The molecule has 78 valence electrons. The predicted molar refractivity (Wildman–Crippen MR) is 59.5 cm³/mol. The van der Waals surface area contributed by atoms with E-state index < -0.39 is 4.83 Å². The van der Waals surface area contributed by atoms with Gasteiger partial charge in [-0.1, -0.05) is 45.7 Å². The van der Waals surface area contributed by atoms with E-state index in [4.69, 9.17) is 0 Å². The van der Waals surface area contributed by atoms with Gasteiger partial charge in [0.05, 0.1) is 23.7 Å². The predicted octanol–water partition coefficient (Wildman–Crippen LogP) is 2.30. The van der Waals surface area contributed by atoms with Gasteiger partial charge >= 0.3 is 5.97 Å². The van der Waals surface area contributed by atoms with Crippen LogP contribution in [0.5, 0.6) is 0 Å². The van der Waals surface area contributed by atoms with Gasteiger partial charge in [0, 0.05) is 0 Å². The number of methoxy groups -OCH3 is 1. The monoisotopic (exact) mass is 316 g/mol. The molecular weight excluding hydrogens is 304 g/mol. The normalized spacial score (nSPS) is 10.8. The molecule has 0 aliphatic rings. The second kappa shape index (κ2) is 10.2. The number of esters is 1. The number of ketones is 1. The fourth-order valence-electron chi connectivity index (χ4n) is 0.427. The van der Waals surface area contributed by atoms with E-state index >= 15 is 0 Å². The molecule has 1 atom stereocenters. The maximum Gasteiger partial charge on any atom is 0.307 e. The largest absolute Gasteiger partial charge is 0.469 e. The number of carbonyl (C=O) groups excluding carboxylic acids is 2. The van der Waals surface area contributed by atoms with Crippen molar-refractivity contribution in [1.29, 1.82) is 0 Å². The van der Waals surface area contributed by atoms with Crippen molar-refractivity contribution in [2.75, 3.05) is 12.4 Å². The lowest BCUT2D eigenvalue weighted by Gasteiger charge is -2.03. The van der Waals surface area contributed by atoms with E-state index in [0.29, 0.717) is 0 Å². The van der Waals surface area contributed by atoms with E-state index in [1.807, 2.05) is 13.8 Å². The highest BCUT2D eigenvalue weighted by Crippen LogP contribution is 2.08. The highest BCUT2D eigenvalue weighted by atomic mass is 79.9. The zero-order valence-electron chi connectivity index (χ0n) is 7.97. The summed E-state index contributed by atoms with van der Waals surface area (Å²) < 4.78 is 4.38. The summed E-state index contributed by atoms with van der Waals surface area (Å²) in [5.74, 6) is -0.448. The first-order chi connectivity index (χ1) is 6.11. The molecule has 0 aromatic carbocycles. The molecule has 0 bridgehead atoms. The molecule has 0 heterocycles. The highest BCUT2D eigenvalue weighted by molar-refractivity contribution is 9.10. The fraction of sp³-hybridized carbons (Fsp3) is 0.750. The van der Waals surface area contributed by atoms with Gasteiger partial charge in [-0.25, -0.2) is 0 Å². The van der Waals surface area contributed by atoms with E-state index in [1.54, 1.807) is 0 Å². The topological polar surface area (TPSA) is 43.4 Å². The number of alkyl halides is 2. The lowest BCUT2D eigenvalue weighted by Crippen LogP contribution is -2.19. The summed E-state index contributed by atoms with van der Waals surface area (Å²) in [5.41, 5.74) is 0. The quantitative estimate of drug-likeness (QED) is 0.590. The lowest BCUT2D eigenvalue weighted by atomic mass is 10.2. The fourth-order valence-corrected chi connectivity index (χ4v) is 1.68. The molecule has 0 saturated carbocycles. The third-order valence-electron chi connectivity index (χ3n) is 1.05. The van der Waals surface area contributed by atoms with Crippen molar-refractivity contribution in [3.63, 3.8) is 0 Å². The van der Waals surface area contributed by atoms with Crippen molar-refractivity contribution >= 4 is 43.6 Å². The van der Waals surface area contributed by atoms with Gasteiger partial charge in [0.15, 0.2) is 5.78 Å². The minimum absolute atomic E-state index is 0.0598. The minimum Gasteiger partial charge on any atom is -0.469 e. The Morgan fingerprint density at radius 3 is 2.15 bits per heavy atom. The summed E-state index contributed by atoms with van der Waals surface area (Å²) in [6.07, 6.45) is 0.0843. The molecule has 0 aliphatic heterocycles. The van der Waals surface area contributed by atoms with Crippen LogP contribution in [-0.2, 0) is 14.3 Å². The molecule has 0 saturated heterocycles. The first-order valence-corrected chi connectivity index (χ1v) is 5.95. The van der Waals surface area contributed by atoms with Crippen molar-refractivity contribution in [2.24, 2.45) is 0 Å². The number of carbonyl (C=O) groups is 2. The van der Waals surface area contributed by atoms with Gasteiger partial charge in [0.1, 0.15) is 0 Å². The summed E-state index contributed by atoms with van der Waals surface area (Å²) in [6, 6.07) is 0. The average Bonchev–Trinajstić information content (AvgIpc) is 2.19. The van der Waals surface area contributed by atoms with E-state index in [-0.39, 0.29) is 23.5 Å². The molecular formula is C8H14Br2O3. The number of rotatable bonds is 4. The summed E-state index contributed by atoms with van der Waals surface area (Å²) in [4.78, 5) is 21.0. The molecule has 13 heavy (non-hydrogen) atoms. The summed E-state index contributed by atoms with van der Waals surface area (Å²) in [7, 11) is 1.29. The molecule has 0 amide bonds. The minimum atomic E-state index is -0.436. The van der Waals surface area contributed by atoms with Crippen LogP contribution in [-0.4, -0.2) is 29.0 Å². The molecule has 0 N–H and O–H groups in total. The van der Waals surface area contributed by atoms with Crippen molar-refractivity contribution in [3.8, 4) is 0 Å². The van der Waals surface area contributed by atoms with Gasteiger partial charge in [-0.15, -0.1) is 0 Å². The van der Waals surface area contributed by atoms with E-state index in [1.165, 1.54) is 7.11 Å². The van der Waals surface area contributed by atoms with Crippen LogP contribution in [0.4, 0.5) is 0 Å². The zero-order valence-corrected chi connectivity index (χ0v) is 11.1. The average molecular weight is 318 g/mol. The maximum atomic E-state index is 10.9. The molecule has 0 aliphatic carbocycles. The lowest BCUT2D eigenvalue weighted by molar-refractivity contribution is -0.141. The van der Waals surface area contributed by atoms with Gasteiger partial charge in [0.2, 0.25) is 0 Å². The Balaban J connectivity index is 0. The Bertz CT molecular complexity index is 159. The number of hydrogen-bond acceptors (Lipinski definition) is 3. The molecule has 0 radical (unpaired) electrons. The smallest absolute Gasteiger partial charge is 0.307 e. The van der Waals surface area contributed by atoms with Gasteiger partial charge < -0.3 is 4.74 Å². The van der Waals surface area contributed by atoms with E-state index in [9.17, 15) is 9.59 Å². The number of Topliss-reactive ketones (excluding diaryl/α,β-unsaturated/α-hetero) is 1. The van der Waals surface area contributed by atoms with Crippen LogP contribution in [0.15, 0.2) is 0 Å². The number of halogens is 2. The second-order valence-corrected chi connectivity index (χ2v) is 3.51. The van der Waals surface area contributed by atoms with Crippen LogP contribution in [0.25, 0.3) is 0 Å². The van der Waals surface area contributed by atoms with Crippen molar-refractivity contribution < 1.29 is 14.3 Å². The first kappa shape index (κ1) is 15.6. The van der Waals surface area contributed by atoms with Crippen LogP contribution in [0.3, 0.4) is 0 Å². The van der Waals surface area contributed by atoms with Crippen LogP contribution in [0, 0.1) is 0 Å². The van der Waals surface area contributed by atoms with Gasteiger partial charge in [-0.05, 0) is 0 Å². The highest BCUT2D eigenvalue weighted by Gasteiger charge is 2.17. The van der Waals surface area contributed by atoms with Crippen LogP contribution >= 0.6 is 31.9 Å². The summed E-state index contributed by atoms with van der Waals surface area (Å²) >= 11 is 6.06. The van der Waals surface area contributed by atoms with Crippen molar-refractivity contribution in [3.05, 3.63) is 0 Å². The molecule has 3 nitrogen and oxygen atoms in total. The third-order valence-corrected chi connectivity index (χ3v) is 2.44. The Kier molecular flexibility index (Phi) is 12.2. The first-order valence-electron chi connectivity index (χ1n) is 3.91. The molecule has 1 unspecified atom stereocenters. The number of hydrogen-bond donors (Lipinski definition) is 0. The van der Waals surface area contributed by atoms with Crippen molar-refractivity contribution in [2.45, 2.75) is 25.1 Å². The maximum absolute atomic E-state index is 10.9. The van der Waals surface area contributed by atoms with Crippen LogP contribution in [0.2, 0.25) is 0 Å². The summed E-state index contributed by atoms with van der Waals surface area (Å²) in [5, 5.41) is 0.250. The second-order valence-electron chi connectivity index (χ2n) is 1.85. The SMILES string of the molecule is CC.COC(=O)CC(Br)C(=O)CBr. The van der Waals surface area contributed by atoms with Gasteiger partial charge in [-0.3, -0.25) is 9.59 Å².